The zero-order valence-electron chi connectivity index (χ0n) is 11.1. The first kappa shape index (κ1) is 14.3. The molecule has 0 aliphatic rings. The minimum Gasteiger partial charge on any atom is -0.207 e. The molecule has 0 heterocycles. The fourth-order valence-corrected chi connectivity index (χ4v) is 2.66. The van der Waals surface area contributed by atoms with Crippen molar-refractivity contribution < 1.29 is 4.39 Å². The van der Waals surface area contributed by atoms with Gasteiger partial charge in [-0.25, -0.2) is 4.39 Å². The number of hydrogen-bond donors (Lipinski definition) is 0. The van der Waals surface area contributed by atoms with Crippen LogP contribution in [0.2, 0.25) is 0 Å². The van der Waals surface area contributed by atoms with E-state index in [0.717, 1.165) is 24.8 Å². The molecule has 2 heteroatoms. The zero-order valence-corrected chi connectivity index (χ0v) is 12.7. The van der Waals surface area contributed by atoms with Crippen LogP contribution in [0.4, 0.5) is 4.39 Å². The van der Waals surface area contributed by atoms with Gasteiger partial charge in [-0.15, -0.1) is 0 Å². The van der Waals surface area contributed by atoms with Crippen molar-refractivity contribution in [2.24, 2.45) is 0 Å². The molecule has 0 fully saturated rings. The molecule has 0 nitrogen and oxygen atoms in total. The molecule has 1 unspecified atom stereocenters. The molecular formula is C17H18BrF. The Morgan fingerprint density at radius 1 is 1.05 bits per heavy atom. The van der Waals surface area contributed by atoms with Crippen molar-refractivity contribution in [3.63, 3.8) is 0 Å². The second-order valence-corrected chi connectivity index (χ2v) is 6.21. The summed E-state index contributed by atoms with van der Waals surface area (Å²) in [5.41, 5.74) is 3.40. The lowest BCUT2D eigenvalue weighted by atomic mass is 10.0. The molecule has 0 aromatic heterocycles. The zero-order chi connectivity index (χ0) is 13.7. The molecule has 0 saturated heterocycles. The lowest BCUT2D eigenvalue weighted by molar-refractivity contribution is 0.603. The van der Waals surface area contributed by atoms with Gasteiger partial charge in [-0.05, 0) is 43.4 Å². The first-order chi connectivity index (χ1) is 9.15. The molecule has 0 bridgehead atoms. The van der Waals surface area contributed by atoms with Gasteiger partial charge in [0.25, 0.3) is 0 Å². The molecule has 2 aromatic carbocycles. The first-order valence-corrected chi connectivity index (χ1v) is 7.50. The average molecular weight is 321 g/mol. The minimum atomic E-state index is -0.109. The molecule has 19 heavy (non-hydrogen) atoms. The van der Waals surface area contributed by atoms with E-state index in [0.29, 0.717) is 4.83 Å². The Morgan fingerprint density at radius 3 is 2.42 bits per heavy atom. The summed E-state index contributed by atoms with van der Waals surface area (Å²) in [6.45, 7) is 2.09. The van der Waals surface area contributed by atoms with Gasteiger partial charge in [-0.3, -0.25) is 0 Å². The molecule has 0 aliphatic carbocycles. The molecule has 2 rings (SSSR count). The van der Waals surface area contributed by atoms with Crippen LogP contribution in [0.5, 0.6) is 0 Å². The number of benzene rings is 2. The highest BCUT2D eigenvalue weighted by Gasteiger charge is 2.09. The summed E-state index contributed by atoms with van der Waals surface area (Å²) in [6.07, 6.45) is 2.76. The molecular weight excluding hydrogens is 303 g/mol. The van der Waals surface area contributed by atoms with Gasteiger partial charge in [-0.2, -0.15) is 0 Å². The summed E-state index contributed by atoms with van der Waals surface area (Å²) >= 11 is 3.65. The molecule has 1 atom stereocenters. The Kier molecular flexibility index (Phi) is 5.15. The molecule has 0 N–H and O–H groups in total. The van der Waals surface area contributed by atoms with E-state index in [2.05, 4.69) is 47.1 Å². The lowest BCUT2D eigenvalue weighted by Gasteiger charge is -2.10. The molecule has 2 aromatic rings. The Hall–Kier alpha value is -1.15. The number of rotatable bonds is 5. The molecule has 0 saturated carbocycles. The van der Waals surface area contributed by atoms with Crippen molar-refractivity contribution in [2.75, 3.05) is 0 Å². The minimum absolute atomic E-state index is 0.109. The van der Waals surface area contributed by atoms with Crippen LogP contribution in [0.25, 0.3) is 0 Å². The average Bonchev–Trinajstić information content (AvgIpc) is 2.41. The molecule has 0 radical (unpaired) electrons. The molecule has 0 spiro atoms. The largest absolute Gasteiger partial charge is 0.207 e. The van der Waals surface area contributed by atoms with Crippen molar-refractivity contribution in [3.05, 3.63) is 71.0 Å². The fourth-order valence-electron chi connectivity index (χ4n) is 2.08. The van der Waals surface area contributed by atoms with E-state index in [1.807, 2.05) is 12.1 Å². The Morgan fingerprint density at radius 2 is 1.74 bits per heavy atom. The number of halogens is 2. The van der Waals surface area contributed by atoms with Crippen LogP contribution in [-0.4, -0.2) is 4.83 Å². The van der Waals surface area contributed by atoms with E-state index in [1.165, 1.54) is 17.2 Å². The van der Waals surface area contributed by atoms with Gasteiger partial charge in [0.1, 0.15) is 5.82 Å². The number of alkyl halides is 1. The third-order valence-corrected chi connectivity index (χ3v) is 4.05. The maximum Gasteiger partial charge on any atom is 0.126 e. The van der Waals surface area contributed by atoms with E-state index in [4.69, 9.17) is 0 Å². The van der Waals surface area contributed by atoms with Crippen LogP contribution >= 0.6 is 15.9 Å². The monoisotopic (exact) mass is 320 g/mol. The Bertz CT molecular complexity index is 519. The predicted octanol–water partition coefficient (Wildman–Crippen LogP) is 5.07. The molecule has 0 amide bonds. The number of hydrogen-bond acceptors (Lipinski definition) is 0. The normalized spacial score (nSPS) is 12.4. The second kappa shape index (κ2) is 6.85. The van der Waals surface area contributed by atoms with Crippen molar-refractivity contribution >= 4 is 15.9 Å². The summed E-state index contributed by atoms with van der Waals surface area (Å²) in [5.74, 6) is -0.109. The van der Waals surface area contributed by atoms with E-state index < -0.39 is 0 Å². The summed E-state index contributed by atoms with van der Waals surface area (Å²) in [5, 5.41) is 0. The van der Waals surface area contributed by atoms with Gasteiger partial charge in [-0.1, -0.05) is 64.0 Å². The van der Waals surface area contributed by atoms with Gasteiger partial charge in [0.15, 0.2) is 0 Å². The lowest BCUT2D eigenvalue weighted by Crippen LogP contribution is -2.06. The molecule has 0 aliphatic heterocycles. The van der Waals surface area contributed by atoms with Crippen LogP contribution in [-0.2, 0) is 12.8 Å². The van der Waals surface area contributed by atoms with Crippen LogP contribution in [0.1, 0.15) is 23.1 Å². The first-order valence-electron chi connectivity index (χ1n) is 6.58. The van der Waals surface area contributed by atoms with Crippen molar-refractivity contribution in [2.45, 2.75) is 31.0 Å². The van der Waals surface area contributed by atoms with Gasteiger partial charge in [0.05, 0.1) is 0 Å². The maximum atomic E-state index is 13.5. The van der Waals surface area contributed by atoms with Crippen molar-refractivity contribution in [1.82, 2.24) is 0 Å². The van der Waals surface area contributed by atoms with Crippen molar-refractivity contribution in [1.29, 1.82) is 0 Å². The topological polar surface area (TPSA) is 0 Å². The van der Waals surface area contributed by atoms with Gasteiger partial charge >= 0.3 is 0 Å². The van der Waals surface area contributed by atoms with E-state index in [1.54, 1.807) is 6.07 Å². The second-order valence-electron chi connectivity index (χ2n) is 4.92. The highest BCUT2D eigenvalue weighted by molar-refractivity contribution is 9.09. The van der Waals surface area contributed by atoms with Gasteiger partial charge in [0.2, 0.25) is 0 Å². The van der Waals surface area contributed by atoms with E-state index in [9.17, 15) is 4.39 Å². The summed E-state index contributed by atoms with van der Waals surface area (Å²) in [6, 6.07) is 15.6. The van der Waals surface area contributed by atoms with E-state index in [-0.39, 0.29) is 5.82 Å². The number of aryl methyl sites for hydroxylation is 2. The quantitative estimate of drug-likeness (QED) is 0.674. The fraction of sp³-hybridized carbons (Fsp3) is 0.294. The van der Waals surface area contributed by atoms with Crippen LogP contribution < -0.4 is 0 Å². The predicted molar refractivity (Wildman–Crippen MR) is 82.3 cm³/mol. The highest BCUT2D eigenvalue weighted by Crippen LogP contribution is 2.18. The third-order valence-electron chi connectivity index (χ3n) is 3.27. The van der Waals surface area contributed by atoms with Crippen LogP contribution in [0.15, 0.2) is 48.5 Å². The van der Waals surface area contributed by atoms with Crippen LogP contribution in [0.3, 0.4) is 0 Å². The summed E-state index contributed by atoms with van der Waals surface area (Å²) in [4.78, 5) is 0.311. The van der Waals surface area contributed by atoms with Crippen molar-refractivity contribution in [3.8, 4) is 0 Å². The smallest absolute Gasteiger partial charge is 0.126 e. The summed E-state index contributed by atoms with van der Waals surface area (Å²) in [7, 11) is 0. The SMILES string of the molecule is Cc1ccc(CCC(Br)Cc2ccccc2F)cc1. The van der Waals surface area contributed by atoms with Crippen LogP contribution in [0, 0.1) is 12.7 Å². The Labute approximate surface area is 122 Å². The Balaban J connectivity index is 1.86. The maximum absolute atomic E-state index is 13.5. The third kappa shape index (κ3) is 4.46. The molecule has 100 valence electrons. The van der Waals surface area contributed by atoms with Gasteiger partial charge in [0, 0.05) is 4.83 Å². The standard InChI is InChI=1S/C17H18BrF/c1-13-6-8-14(9-7-13)10-11-16(18)12-15-4-2-3-5-17(15)19/h2-9,16H,10-12H2,1H3. The highest BCUT2D eigenvalue weighted by atomic mass is 79.9. The van der Waals surface area contributed by atoms with E-state index >= 15 is 0 Å². The summed E-state index contributed by atoms with van der Waals surface area (Å²) < 4.78 is 13.5. The van der Waals surface area contributed by atoms with Gasteiger partial charge < -0.3 is 0 Å².